The molecule has 0 bridgehead atoms. The standard InChI is InChI=1S/C21H23N3O2/c1-3-4-14-24-21(26)18-13-9-8-12-17(18)19(23-24)20(25)22-15(2)16-10-6-5-7-11-16/h5-13,15H,3-4,14H2,1-2H3,(H,22,25). The number of benzene rings is 2. The van der Waals surface area contributed by atoms with Crippen LogP contribution in [-0.4, -0.2) is 15.7 Å². The van der Waals surface area contributed by atoms with Gasteiger partial charge in [0.15, 0.2) is 5.69 Å². The fraction of sp³-hybridized carbons (Fsp3) is 0.286. The van der Waals surface area contributed by atoms with E-state index in [4.69, 9.17) is 0 Å². The number of unbranched alkanes of at least 4 members (excludes halogenated alkanes) is 1. The Bertz CT molecular complexity index is 964. The third kappa shape index (κ3) is 3.67. The van der Waals surface area contributed by atoms with Gasteiger partial charge in [-0.1, -0.05) is 61.9 Å². The van der Waals surface area contributed by atoms with Gasteiger partial charge in [-0.3, -0.25) is 9.59 Å². The molecule has 0 spiro atoms. The lowest BCUT2D eigenvalue weighted by Gasteiger charge is -2.16. The SMILES string of the molecule is CCCCn1nc(C(=O)NC(C)c2ccccc2)c2ccccc2c1=O. The highest BCUT2D eigenvalue weighted by Gasteiger charge is 2.18. The number of hydrogen-bond donors (Lipinski definition) is 1. The van der Waals surface area contributed by atoms with Crippen molar-refractivity contribution in [2.24, 2.45) is 0 Å². The van der Waals surface area contributed by atoms with Gasteiger partial charge in [0.05, 0.1) is 11.4 Å². The normalized spacial score (nSPS) is 12.1. The number of hydrogen-bond acceptors (Lipinski definition) is 3. The smallest absolute Gasteiger partial charge is 0.274 e. The van der Waals surface area contributed by atoms with E-state index in [0.29, 0.717) is 23.0 Å². The van der Waals surface area contributed by atoms with E-state index < -0.39 is 0 Å². The predicted octanol–water partition coefficient (Wildman–Crippen LogP) is 3.69. The van der Waals surface area contributed by atoms with Crippen molar-refractivity contribution < 1.29 is 4.79 Å². The molecule has 3 rings (SSSR count). The fourth-order valence-corrected chi connectivity index (χ4v) is 2.95. The minimum atomic E-state index is -0.275. The van der Waals surface area contributed by atoms with Crippen LogP contribution in [0.1, 0.15) is 48.8 Å². The van der Waals surface area contributed by atoms with E-state index in [-0.39, 0.29) is 17.5 Å². The monoisotopic (exact) mass is 349 g/mol. The van der Waals surface area contributed by atoms with Crippen molar-refractivity contribution in [2.75, 3.05) is 0 Å². The predicted molar refractivity (Wildman–Crippen MR) is 103 cm³/mol. The van der Waals surface area contributed by atoms with Gasteiger partial charge in [0, 0.05) is 11.9 Å². The van der Waals surface area contributed by atoms with Gasteiger partial charge in [-0.05, 0) is 25.0 Å². The molecule has 0 saturated heterocycles. The van der Waals surface area contributed by atoms with E-state index in [2.05, 4.69) is 17.3 Å². The molecular weight excluding hydrogens is 326 g/mol. The van der Waals surface area contributed by atoms with Gasteiger partial charge in [0.25, 0.3) is 11.5 Å². The van der Waals surface area contributed by atoms with Gasteiger partial charge >= 0.3 is 0 Å². The summed E-state index contributed by atoms with van der Waals surface area (Å²) in [5, 5.41) is 8.48. The summed E-state index contributed by atoms with van der Waals surface area (Å²) in [5.41, 5.74) is 1.16. The van der Waals surface area contributed by atoms with Crippen LogP contribution < -0.4 is 10.9 Å². The summed E-state index contributed by atoms with van der Waals surface area (Å²) in [7, 11) is 0. The van der Waals surface area contributed by atoms with Crippen LogP contribution >= 0.6 is 0 Å². The number of fused-ring (bicyclic) bond motifs is 1. The number of amides is 1. The summed E-state index contributed by atoms with van der Waals surface area (Å²) < 4.78 is 1.41. The molecule has 2 aromatic carbocycles. The lowest BCUT2D eigenvalue weighted by Crippen LogP contribution is -2.32. The van der Waals surface area contributed by atoms with E-state index in [1.54, 1.807) is 12.1 Å². The molecular formula is C21H23N3O2. The maximum atomic E-state index is 12.9. The summed E-state index contributed by atoms with van der Waals surface area (Å²) in [5.74, 6) is -0.275. The molecule has 0 aliphatic heterocycles. The zero-order valence-corrected chi connectivity index (χ0v) is 15.1. The van der Waals surface area contributed by atoms with Gasteiger partial charge in [-0.25, -0.2) is 4.68 Å². The molecule has 1 N–H and O–H groups in total. The van der Waals surface area contributed by atoms with Gasteiger partial charge < -0.3 is 5.32 Å². The number of carbonyl (C=O) groups is 1. The van der Waals surface area contributed by atoms with Crippen LogP contribution in [0.3, 0.4) is 0 Å². The van der Waals surface area contributed by atoms with Gasteiger partial charge in [0.1, 0.15) is 0 Å². The molecule has 3 aromatic rings. The number of aromatic nitrogens is 2. The molecule has 1 heterocycles. The Hall–Kier alpha value is -2.95. The van der Waals surface area contributed by atoms with Crippen LogP contribution in [0.5, 0.6) is 0 Å². The lowest BCUT2D eigenvalue weighted by molar-refractivity contribution is 0.0934. The second-order valence-corrected chi connectivity index (χ2v) is 6.38. The fourth-order valence-electron chi connectivity index (χ4n) is 2.95. The van der Waals surface area contributed by atoms with Crippen LogP contribution in [-0.2, 0) is 6.54 Å². The van der Waals surface area contributed by atoms with Crippen molar-refractivity contribution >= 4 is 16.7 Å². The molecule has 134 valence electrons. The second-order valence-electron chi connectivity index (χ2n) is 6.38. The van der Waals surface area contributed by atoms with Crippen molar-refractivity contribution in [1.29, 1.82) is 0 Å². The molecule has 1 amide bonds. The molecule has 0 aliphatic rings. The van der Waals surface area contributed by atoms with Crippen LogP contribution in [0.25, 0.3) is 10.8 Å². The highest BCUT2D eigenvalue weighted by molar-refractivity contribution is 6.04. The van der Waals surface area contributed by atoms with E-state index in [1.807, 2.05) is 49.4 Å². The molecule has 1 aromatic heterocycles. The van der Waals surface area contributed by atoms with Crippen molar-refractivity contribution in [3.63, 3.8) is 0 Å². The summed E-state index contributed by atoms with van der Waals surface area (Å²) >= 11 is 0. The van der Waals surface area contributed by atoms with Crippen LogP contribution in [0.4, 0.5) is 0 Å². The largest absolute Gasteiger partial charge is 0.344 e. The van der Waals surface area contributed by atoms with Gasteiger partial charge in [0.2, 0.25) is 0 Å². The average Bonchev–Trinajstić information content (AvgIpc) is 2.68. The molecule has 5 heteroatoms. The quantitative estimate of drug-likeness (QED) is 0.738. The van der Waals surface area contributed by atoms with Crippen LogP contribution in [0.2, 0.25) is 0 Å². The minimum Gasteiger partial charge on any atom is -0.344 e. The van der Waals surface area contributed by atoms with E-state index in [1.165, 1.54) is 4.68 Å². The Morgan fingerprint density at radius 3 is 2.42 bits per heavy atom. The van der Waals surface area contributed by atoms with Crippen molar-refractivity contribution in [1.82, 2.24) is 15.1 Å². The topological polar surface area (TPSA) is 64.0 Å². The maximum Gasteiger partial charge on any atom is 0.274 e. The Labute approximate surface area is 152 Å². The Morgan fingerprint density at radius 2 is 1.73 bits per heavy atom. The average molecular weight is 349 g/mol. The molecule has 0 fully saturated rings. The maximum absolute atomic E-state index is 12.9. The van der Waals surface area contributed by atoms with E-state index in [0.717, 1.165) is 18.4 Å². The van der Waals surface area contributed by atoms with Crippen molar-refractivity contribution in [2.45, 2.75) is 39.3 Å². The zero-order valence-electron chi connectivity index (χ0n) is 15.1. The number of rotatable bonds is 6. The van der Waals surface area contributed by atoms with Gasteiger partial charge in [-0.2, -0.15) is 5.10 Å². The second kappa shape index (κ2) is 7.95. The van der Waals surface area contributed by atoms with Crippen LogP contribution in [0, 0.1) is 0 Å². The zero-order chi connectivity index (χ0) is 18.5. The van der Waals surface area contributed by atoms with Crippen molar-refractivity contribution in [3.05, 3.63) is 76.2 Å². The number of carbonyl (C=O) groups excluding carboxylic acids is 1. The molecule has 0 saturated carbocycles. The summed E-state index contributed by atoms with van der Waals surface area (Å²) in [6, 6.07) is 16.8. The summed E-state index contributed by atoms with van der Waals surface area (Å²) in [4.78, 5) is 25.5. The number of nitrogens with zero attached hydrogens (tertiary/aromatic N) is 2. The van der Waals surface area contributed by atoms with E-state index in [9.17, 15) is 9.59 Å². The lowest BCUT2D eigenvalue weighted by atomic mass is 10.1. The summed E-state index contributed by atoms with van der Waals surface area (Å²) in [6.45, 7) is 4.50. The third-order valence-corrected chi connectivity index (χ3v) is 4.45. The molecule has 26 heavy (non-hydrogen) atoms. The highest BCUT2D eigenvalue weighted by Crippen LogP contribution is 2.16. The molecule has 5 nitrogen and oxygen atoms in total. The molecule has 0 radical (unpaired) electrons. The molecule has 1 unspecified atom stereocenters. The first-order valence-electron chi connectivity index (χ1n) is 8.97. The Kier molecular flexibility index (Phi) is 5.46. The first-order valence-corrected chi connectivity index (χ1v) is 8.97. The first-order chi connectivity index (χ1) is 12.6. The Balaban J connectivity index is 1.99. The molecule has 1 atom stereocenters. The van der Waals surface area contributed by atoms with E-state index >= 15 is 0 Å². The molecule has 0 aliphatic carbocycles. The Morgan fingerprint density at radius 1 is 1.08 bits per heavy atom. The first kappa shape index (κ1) is 17.9. The summed E-state index contributed by atoms with van der Waals surface area (Å²) in [6.07, 6.45) is 1.79. The number of nitrogens with one attached hydrogen (secondary N) is 1. The van der Waals surface area contributed by atoms with Crippen LogP contribution in [0.15, 0.2) is 59.4 Å². The van der Waals surface area contributed by atoms with Crippen molar-refractivity contribution in [3.8, 4) is 0 Å². The third-order valence-electron chi connectivity index (χ3n) is 4.45. The number of aryl methyl sites for hydroxylation is 1. The van der Waals surface area contributed by atoms with Gasteiger partial charge in [-0.15, -0.1) is 0 Å². The minimum absolute atomic E-state index is 0.151. The highest BCUT2D eigenvalue weighted by atomic mass is 16.2.